The van der Waals surface area contributed by atoms with Gasteiger partial charge < -0.3 is 0 Å². The summed E-state index contributed by atoms with van der Waals surface area (Å²) in [6.07, 6.45) is 4.71. The Morgan fingerprint density at radius 1 is 1.19 bits per heavy atom. The molecule has 16 heavy (non-hydrogen) atoms. The Bertz CT molecular complexity index is 345. The average molecular weight is 233 g/mol. The molecule has 0 aliphatic carbocycles. The lowest BCUT2D eigenvalue weighted by Crippen LogP contribution is -2.29. The highest BCUT2D eigenvalue weighted by Gasteiger charge is 2.11. The van der Waals surface area contributed by atoms with E-state index in [-0.39, 0.29) is 0 Å². The topological polar surface area (TPSA) is 3.24 Å². The predicted octanol–water partition coefficient (Wildman–Crippen LogP) is 3.14. The minimum atomic E-state index is 0.963. The van der Waals surface area contributed by atoms with Crippen LogP contribution in [0.15, 0.2) is 42.0 Å². The van der Waals surface area contributed by atoms with Crippen molar-refractivity contribution in [2.24, 2.45) is 0 Å². The molecule has 1 aromatic rings. The van der Waals surface area contributed by atoms with E-state index in [0.29, 0.717) is 0 Å². The smallest absolute Gasteiger partial charge is 0.0237 e. The summed E-state index contributed by atoms with van der Waals surface area (Å²) in [5.41, 5.74) is 2.96. The van der Waals surface area contributed by atoms with Gasteiger partial charge in [0.15, 0.2) is 0 Å². The molecule has 0 spiro atoms. The van der Waals surface area contributed by atoms with Crippen LogP contribution in [0.1, 0.15) is 18.4 Å². The van der Waals surface area contributed by atoms with Crippen molar-refractivity contribution in [3.8, 4) is 0 Å². The van der Waals surface area contributed by atoms with Crippen molar-refractivity contribution in [3.05, 3.63) is 47.5 Å². The van der Waals surface area contributed by atoms with Gasteiger partial charge in [-0.05, 0) is 24.2 Å². The van der Waals surface area contributed by atoms with Gasteiger partial charge in [0.2, 0.25) is 0 Å². The first-order valence-electron chi connectivity index (χ1n) is 5.93. The van der Waals surface area contributed by atoms with E-state index < -0.39 is 0 Å². The van der Waals surface area contributed by atoms with Crippen molar-refractivity contribution >= 4 is 12.6 Å². The summed E-state index contributed by atoms with van der Waals surface area (Å²) in [7, 11) is 0. The number of hydrogen-bond acceptors (Lipinski definition) is 2. The highest BCUT2D eigenvalue weighted by molar-refractivity contribution is 7.80. The van der Waals surface area contributed by atoms with Gasteiger partial charge in [0.05, 0.1) is 0 Å². The first kappa shape index (κ1) is 11.7. The van der Waals surface area contributed by atoms with Gasteiger partial charge in [-0.1, -0.05) is 42.0 Å². The SMILES string of the molecule is SCCC1=CCCN(Cc2ccccc2)C1. The van der Waals surface area contributed by atoms with Crippen LogP contribution < -0.4 is 0 Å². The molecule has 1 nitrogen and oxygen atoms in total. The normalized spacial score (nSPS) is 17.2. The molecule has 1 aliphatic heterocycles. The molecule has 0 bridgehead atoms. The zero-order valence-electron chi connectivity index (χ0n) is 9.60. The maximum Gasteiger partial charge on any atom is 0.0237 e. The van der Waals surface area contributed by atoms with Gasteiger partial charge in [-0.15, -0.1) is 0 Å². The third-order valence-corrected chi connectivity index (χ3v) is 3.21. The molecule has 2 heteroatoms. The van der Waals surface area contributed by atoms with Crippen molar-refractivity contribution in [3.63, 3.8) is 0 Å². The fourth-order valence-corrected chi connectivity index (χ4v) is 2.47. The van der Waals surface area contributed by atoms with Gasteiger partial charge >= 0.3 is 0 Å². The Morgan fingerprint density at radius 3 is 2.75 bits per heavy atom. The van der Waals surface area contributed by atoms with Gasteiger partial charge in [0, 0.05) is 19.6 Å². The second-order valence-corrected chi connectivity index (χ2v) is 4.77. The van der Waals surface area contributed by atoms with Crippen molar-refractivity contribution < 1.29 is 0 Å². The van der Waals surface area contributed by atoms with Crippen molar-refractivity contribution in [1.29, 1.82) is 0 Å². The van der Waals surface area contributed by atoms with E-state index in [2.05, 4.69) is 53.9 Å². The lowest BCUT2D eigenvalue weighted by molar-refractivity contribution is 0.280. The molecule has 0 amide bonds. The first-order chi connectivity index (χ1) is 7.88. The van der Waals surface area contributed by atoms with E-state index in [0.717, 1.165) is 25.3 Å². The van der Waals surface area contributed by atoms with Crippen LogP contribution >= 0.6 is 12.6 Å². The Balaban J connectivity index is 1.90. The maximum absolute atomic E-state index is 4.30. The summed E-state index contributed by atoms with van der Waals surface area (Å²) in [5.74, 6) is 0.963. The van der Waals surface area contributed by atoms with Gasteiger partial charge in [0.1, 0.15) is 0 Å². The third-order valence-electron chi connectivity index (χ3n) is 2.99. The molecule has 0 fully saturated rings. The van der Waals surface area contributed by atoms with Crippen LogP contribution in [0.5, 0.6) is 0 Å². The molecular weight excluding hydrogens is 214 g/mol. The fourth-order valence-electron chi connectivity index (χ4n) is 2.18. The summed E-state index contributed by atoms with van der Waals surface area (Å²) >= 11 is 4.30. The second-order valence-electron chi connectivity index (χ2n) is 4.32. The molecule has 0 radical (unpaired) electrons. The van der Waals surface area contributed by atoms with Crippen molar-refractivity contribution in [1.82, 2.24) is 4.90 Å². The maximum atomic E-state index is 4.30. The summed E-state index contributed by atoms with van der Waals surface area (Å²) in [5, 5.41) is 0. The van der Waals surface area contributed by atoms with E-state index in [1.54, 1.807) is 5.57 Å². The average Bonchev–Trinajstić information content (AvgIpc) is 2.31. The van der Waals surface area contributed by atoms with E-state index in [4.69, 9.17) is 0 Å². The van der Waals surface area contributed by atoms with Crippen LogP contribution in [0.25, 0.3) is 0 Å². The summed E-state index contributed by atoms with van der Waals surface area (Å²) in [6.45, 7) is 3.38. The lowest BCUT2D eigenvalue weighted by atomic mass is 10.1. The van der Waals surface area contributed by atoms with Gasteiger partial charge in [-0.2, -0.15) is 12.6 Å². The monoisotopic (exact) mass is 233 g/mol. The third kappa shape index (κ3) is 3.39. The van der Waals surface area contributed by atoms with Crippen LogP contribution in [0.3, 0.4) is 0 Å². The Kier molecular flexibility index (Phi) is 4.49. The second kappa shape index (κ2) is 6.12. The van der Waals surface area contributed by atoms with Gasteiger partial charge in [0.25, 0.3) is 0 Å². The van der Waals surface area contributed by atoms with E-state index >= 15 is 0 Å². The standard InChI is InChI=1S/C14H19NS/c16-10-8-14-7-4-9-15(12-14)11-13-5-2-1-3-6-13/h1-3,5-7,16H,4,8-12H2. The molecule has 1 aromatic carbocycles. The van der Waals surface area contributed by atoms with Crippen LogP contribution in [0, 0.1) is 0 Å². The minimum Gasteiger partial charge on any atom is -0.295 e. The van der Waals surface area contributed by atoms with Gasteiger partial charge in [-0.3, -0.25) is 4.90 Å². The van der Waals surface area contributed by atoms with Gasteiger partial charge in [-0.25, -0.2) is 0 Å². The van der Waals surface area contributed by atoms with Crippen molar-refractivity contribution in [2.75, 3.05) is 18.8 Å². The zero-order chi connectivity index (χ0) is 11.2. The van der Waals surface area contributed by atoms with Crippen LogP contribution in [0.4, 0.5) is 0 Å². The van der Waals surface area contributed by atoms with Crippen LogP contribution in [-0.4, -0.2) is 23.7 Å². The molecule has 0 saturated heterocycles. The number of benzene rings is 1. The molecule has 0 unspecified atom stereocenters. The number of nitrogens with zero attached hydrogens (tertiary/aromatic N) is 1. The predicted molar refractivity (Wildman–Crippen MR) is 72.9 cm³/mol. The Hall–Kier alpha value is -0.730. The van der Waals surface area contributed by atoms with Crippen LogP contribution in [-0.2, 0) is 6.54 Å². The minimum absolute atomic E-state index is 0.963. The lowest BCUT2D eigenvalue weighted by Gasteiger charge is -2.27. The van der Waals surface area contributed by atoms with Crippen LogP contribution in [0.2, 0.25) is 0 Å². The number of hydrogen-bond donors (Lipinski definition) is 1. The zero-order valence-corrected chi connectivity index (χ0v) is 10.5. The molecule has 0 aromatic heterocycles. The van der Waals surface area contributed by atoms with E-state index in [1.165, 1.54) is 18.5 Å². The highest BCUT2D eigenvalue weighted by atomic mass is 32.1. The highest BCUT2D eigenvalue weighted by Crippen LogP contribution is 2.15. The molecule has 0 saturated carbocycles. The molecule has 1 heterocycles. The Labute approximate surface area is 104 Å². The fraction of sp³-hybridized carbons (Fsp3) is 0.429. The molecular formula is C14H19NS. The summed E-state index contributed by atoms with van der Waals surface area (Å²) in [6, 6.07) is 10.7. The Morgan fingerprint density at radius 2 is 2.00 bits per heavy atom. The first-order valence-corrected chi connectivity index (χ1v) is 6.57. The number of thiol groups is 1. The number of rotatable bonds is 4. The van der Waals surface area contributed by atoms with Crippen molar-refractivity contribution in [2.45, 2.75) is 19.4 Å². The molecule has 0 N–H and O–H groups in total. The summed E-state index contributed by atoms with van der Waals surface area (Å²) < 4.78 is 0. The van der Waals surface area contributed by atoms with E-state index in [9.17, 15) is 0 Å². The molecule has 1 aliphatic rings. The summed E-state index contributed by atoms with van der Waals surface area (Å²) in [4.78, 5) is 2.52. The quantitative estimate of drug-likeness (QED) is 0.617. The molecule has 2 rings (SSSR count). The molecule has 86 valence electrons. The van der Waals surface area contributed by atoms with E-state index in [1.807, 2.05) is 0 Å². The molecule has 0 atom stereocenters. The largest absolute Gasteiger partial charge is 0.295 e.